The molecule has 0 radical (unpaired) electrons. The van der Waals surface area contributed by atoms with Crippen molar-refractivity contribution in [3.8, 4) is 0 Å². The molecule has 0 bridgehead atoms. The Hall–Kier alpha value is -0.830. The monoisotopic (exact) mass is 475 g/mol. The fourth-order valence-electron chi connectivity index (χ4n) is 4.47. The van der Waals surface area contributed by atoms with Crippen molar-refractivity contribution in [2.24, 2.45) is 17.5 Å². The number of hydrogen-bond acceptors (Lipinski definition) is 3. The van der Waals surface area contributed by atoms with Gasteiger partial charge in [-0.3, -0.25) is 4.68 Å². The summed E-state index contributed by atoms with van der Waals surface area (Å²) in [4.78, 5) is 4.78. The van der Waals surface area contributed by atoms with Crippen LogP contribution in [0, 0.1) is 5.41 Å². The standard InChI is InChI=1S/C19H33N5O.HI/c1-4-20-18(21-14-15-9-12-22-24(15)3)23-16-13-17(25-5-2)19(16)10-7-6-8-11-19;/h9,12,16-17H,4-8,10-11,13-14H2,1-3H3,(H2,20,21,23);1H. The van der Waals surface area contributed by atoms with Gasteiger partial charge in [0.05, 0.1) is 18.3 Å². The second-order valence-corrected chi connectivity index (χ2v) is 7.31. The van der Waals surface area contributed by atoms with Gasteiger partial charge in [0.1, 0.15) is 0 Å². The second-order valence-electron chi connectivity index (χ2n) is 7.31. The van der Waals surface area contributed by atoms with Crippen LogP contribution in [0.2, 0.25) is 0 Å². The molecule has 0 amide bonds. The number of ether oxygens (including phenoxy) is 1. The molecular formula is C19H34IN5O. The number of rotatable bonds is 6. The van der Waals surface area contributed by atoms with E-state index in [2.05, 4.69) is 29.6 Å². The van der Waals surface area contributed by atoms with Gasteiger partial charge in [-0.1, -0.05) is 19.3 Å². The first-order chi connectivity index (χ1) is 12.2. The molecule has 6 nitrogen and oxygen atoms in total. The average Bonchev–Trinajstić information content (AvgIpc) is 3.04. The van der Waals surface area contributed by atoms with E-state index in [1.165, 1.54) is 32.1 Å². The minimum Gasteiger partial charge on any atom is -0.378 e. The largest absolute Gasteiger partial charge is 0.378 e. The van der Waals surface area contributed by atoms with Gasteiger partial charge in [-0.25, -0.2) is 4.99 Å². The lowest BCUT2D eigenvalue weighted by Crippen LogP contribution is -2.66. The molecule has 3 rings (SSSR count). The van der Waals surface area contributed by atoms with Crippen LogP contribution in [0.25, 0.3) is 0 Å². The first-order valence-corrected chi connectivity index (χ1v) is 9.83. The summed E-state index contributed by atoms with van der Waals surface area (Å²) in [7, 11) is 1.96. The van der Waals surface area contributed by atoms with Crippen LogP contribution < -0.4 is 10.6 Å². The molecule has 1 heterocycles. The highest BCUT2D eigenvalue weighted by Crippen LogP contribution is 2.53. The molecule has 26 heavy (non-hydrogen) atoms. The minimum atomic E-state index is 0. The lowest BCUT2D eigenvalue weighted by molar-refractivity contribution is -0.145. The maximum atomic E-state index is 6.07. The number of aryl methyl sites for hydroxylation is 1. The van der Waals surface area contributed by atoms with E-state index in [0.717, 1.165) is 31.2 Å². The Labute approximate surface area is 174 Å². The zero-order valence-corrected chi connectivity index (χ0v) is 18.7. The van der Waals surface area contributed by atoms with E-state index in [1.807, 2.05) is 24.0 Å². The van der Waals surface area contributed by atoms with E-state index in [1.54, 1.807) is 0 Å². The van der Waals surface area contributed by atoms with Crippen molar-refractivity contribution in [2.75, 3.05) is 13.2 Å². The summed E-state index contributed by atoms with van der Waals surface area (Å²) < 4.78 is 7.94. The van der Waals surface area contributed by atoms with Crippen LogP contribution in [0.5, 0.6) is 0 Å². The van der Waals surface area contributed by atoms with E-state index < -0.39 is 0 Å². The van der Waals surface area contributed by atoms with Crippen molar-refractivity contribution >= 4 is 29.9 Å². The number of hydrogen-bond donors (Lipinski definition) is 2. The Morgan fingerprint density at radius 2 is 2.12 bits per heavy atom. The van der Waals surface area contributed by atoms with Crippen molar-refractivity contribution < 1.29 is 4.74 Å². The van der Waals surface area contributed by atoms with E-state index in [-0.39, 0.29) is 24.0 Å². The van der Waals surface area contributed by atoms with Crippen molar-refractivity contribution in [3.05, 3.63) is 18.0 Å². The molecule has 0 aromatic carbocycles. The maximum Gasteiger partial charge on any atom is 0.191 e. The van der Waals surface area contributed by atoms with Gasteiger partial charge in [-0.2, -0.15) is 5.10 Å². The van der Waals surface area contributed by atoms with Gasteiger partial charge in [-0.15, -0.1) is 24.0 Å². The molecule has 2 aliphatic carbocycles. The van der Waals surface area contributed by atoms with Gasteiger partial charge in [0.2, 0.25) is 0 Å². The molecule has 0 aliphatic heterocycles. The SMILES string of the molecule is CCNC(=NCc1ccnn1C)NC1CC(OCC)C12CCCCC2.I. The number of guanidine groups is 1. The minimum absolute atomic E-state index is 0. The maximum absolute atomic E-state index is 6.07. The van der Waals surface area contributed by atoms with Gasteiger partial charge in [-0.05, 0) is 39.2 Å². The summed E-state index contributed by atoms with van der Waals surface area (Å²) >= 11 is 0. The molecule has 2 N–H and O–H groups in total. The van der Waals surface area contributed by atoms with Gasteiger partial charge in [0, 0.05) is 37.9 Å². The van der Waals surface area contributed by atoms with Crippen LogP contribution in [0.1, 0.15) is 58.1 Å². The summed E-state index contributed by atoms with van der Waals surface area (Å²) in [5, 5.41) is 11.3. The van der Waals surface area contributed by atoms with E-state index in [0.29, 0.717) is 24.1 Å². The second kappa shape index (κ2) is 9.92. The van der Waals surface area contributed by atoms with Gasteiger partial charge >= 0.3 is 0 Å². The predicted molar refractivity (Wildman–Crippen MR) is 116 cm³/mol. The predicted octanol–water partition coefficient (Wildman–Crippen LogP) is 3.22. The fourth-order valence-corrected chi connectivity index (χ4v) is 4.47. The third-order valence-corrected chi connectivity index (χ3v) is 5.91. The lowest BCUT2D eigenvalue weighted by Gasteiger charge is -2.58. The summed E-state index contributed by atoms with van der Waals surface area (Å²) in [5.74, 6) is 0.911. The number of nitrogens with zero attached hydrogens (tertiary/aromatic N) is 3. The van der Waals surface area contributed by atoms with Crippen LogP contribution in [-0.2, 0) is 18.3 Å². The lowest BCUT2D eigenvalue weighted by atomic mass is 9.55. The highest BCUT2D eigenvalue weighted by atomic mass is 127. The fraction of sp³-hybridized carbons (Fsp3) is 0.789. The molecule has 2 atom stereocenters. The number of nitrogens with one attached hydrogen (secondary N) is 2. The summed E-state index contributed by atoms with van der Waals surface area (Å²) in [6.07, 6.45) is 9.88. The Bertz CT molecular complexity index is 582. The molecule has 1 aromatic heterocycles. The van der Waals surface area contributed by atoms with E-state index in [9.17, 15) is 0 Å². The Balaban J connectivity index is 0.00000243. The summed E-state index contributed by atoms with van der Waals surface area (Å²) in [6.45, 7) is 6.54. The Kier molecular flexibility index (Phi) is 8.19. The van der Waals surface area contributed by atoms with Crippen molar-refractivity contribution in [1.29, 1.82) is 0 Å². The number of aliphatic imine (C=N–C) groups is 1. The third-order valence-electron chi connectivity index (χ3n) is 5.91. The first kappa shape index (κ1) is 21.5. The molecule has 2 unspecified atom stereocenters. The van der Waals surface area contributed by atoms with Crippen LogP contribution in [0.15, 0.2) is 17.3 Å². The molecule has 7 heteroatoms. The molecule has 1 aromatic rings. The molecule has 2 saturated carbocycles. The molecule has 2 fully saturated rings. The summed E-state index contributed by atoms with van der Waals surface area (Å²) in [6, 6.07) is 2.48. The van der Waals surface area contributed by atoms with Crippen molar-refractivity contribution in [3.63, 3.8) is 0 Å². The Morgan fingerprint density at radius 3 is 2.73 bits per heavy atom. The van der Waals surface area contributed by atoms with E-state index >= 15 is 0 Å². The van der Waals surface area contributed by atoms with Crippen LogP contribution in [0.3, 0.4) is 0 Å². The summed E-state index contributed by atoms with van der Waals surface area (Å²) in [5.41, 5.74) is 1.42. The molecular weight excluding hydrogens is 441 g/mol. The number of aromatic nitrogens is 2. The normalized spacial score (nSPS) is 24.7. The topological polar surface area (TPSA) is 63.5 Å². The molecule has 2 aliphatic rings. The van der Waals surface area contributed by atoms with Crippen molar-refractivity contribution in [2.45, 2.75) is 71.1 Å². The van der Waals surface area contributed by atoms with Gasteiger partial charge < -0.3 is 15.4 Å². The van der Waals surface area contributed by atoms with Crippen molar-refractivity contribution in [1.82, 2.24) is 20.4 Å². The van der Waals surface area contributed by atoms with Crippen LogP contribution >= 0.6 is 24.0 Å². The quantitative estimate of drug-likeness (QED) is 0.377. The first-order valence-electron chi connectivity index (χ1n) is 9.83. The molecule has 0 saturated heterocycles. The highest BCUT2D eigenvalue weighted by molar-refractivity contribution is 14.0. The van der Waals surface area contributed by atoms with Gasteiger partial charge in [0.25, 0.3) is 0 Å². The van der Waals surface area contributed by atoms with Gasteiger partial charge in [0.15, 0.2) is 5.96 Å². The number of halogens is 1. The highest BCUT2D eigenvalue weighted by Gasteiger charge is 2.55. The zero-order valence-electron chi connectivity index (χ0n) is 16.3. The third kappa shape index (κ3) is 4.52. The smallest absolute Gasteiger partial charge is 0.191 e. The van der Waals surface area contributed by atoms with E-state index in [4.69, 9.17) is 9.73 Å². The molecule has 1 spiro atoms. The van der Waals surface area contributed by atoms with Crippen LogP contribution in [0.4, 0.5) is 0 Å². The molecule has 148 valence electrons. The Morgan fingerprint density at radius 1 is 1.35 bits per heavy atom. The average molecular weight is 475 g/mol. The van der Waals surface area contributed by atoms with Crippen LogP contribution in [-0.4, -0.2) is 41.0 Å². The zero-order chi connectivity index (χ0) is 17.7.